The SMILES string of the molecule is CC(C)c1ccc2c(c1)CC[C@H]1[C@](C)(C(=O)N[C@H](Cc3ccccc3)C(=O)Nc3ccc(Cl)c(Cl)c3)CCC[C@]21C. The highest BCUT2D eigenvalue weighted by Crippen LogP contribution is 2.57. The van der Waals surface area contributed by atoms with Crippen molar-refractivity contribution in [3.63, 3.8) is 0 Å². The quantitative estimate of drug-likeness (QED) is 0.290. The Morgan fingerprint density at radius 1 is 0.951 bits per heavy atom. The van der Waals surface area contributed by atoms with E-state index in [-0.39, 0.29) is 23.1 Å². The third-order valence-electron chi connectivity index (χ3n) is 9.65. The van der Waals surface area contributed by atoms with Gasteiger partial charge in [-0.3, -0.25) is 9.59 Å². The van der Waals surface area contributed by atoms with Gasteiger partial charge in [0.15, 0.2) is 0 Å². The zero-order chi connectivity index (χ0) is 29.4. The van der Waals surface area contributed by atoms with Crippen LogP contribution in [-0.2, 0) is 27.8 Å². The highest BCUT2D eigenvalue weighted by Gasteiger charge is 2.55. The molecule has 0 bridgehead atoms. The van der Waals surface area contributed by atoms with Gasteiger partial charge in [0.2, 0.25) is 11.8 Å². The number of carbonyl (C=O) groups excluding carboxylic acids is 2. The van der Waals surface area contributed by atoms with E-state index >= 15 is 0 Å². The maximum atomic E-state index is 14.3. The molecule has 3 aromatic carbocycles. The van der Waals surface area contributed by atoms with Crippen molar-refractivity contribution in [2.45, 2.75) is 83.6 Å². The molecule has 216 valence electrons. The van der Waals surface area contributed by atoms with Crippen molar-refractivity contribution in [2.75, 3.05) is 5.32 Å². The summed E-state index contributed by atoms with van der Waals surface area (Å²) in [7, 11) is 0. The standard InChI is InChI=1S/C35H40Cl2N2O2/c1-22(2)24-11-14-27-25(20-24)12-16-31-34(27,3)17-8-18-35(31,4)33(41)39-30(19-23-9-6-5-7-10-23)32(40)38-26-13-15-28(36)29(37)21-26/h5-7,9-11,13-15,20-22,30-31H,8,12,16-19H2,1-4H3,(H,38,40)(H,39,41)/t30-,31-,34-,35-/m1/s1. The fourth-order valence-corrected chi connectivity index (χ4v) is 7.63. The van der Waals surface area contributed by atoms with Gasteiger partial charge in [-0.15, -0.1) is 0 Å². The van der Waals surface area contributed by atoms with Gasteiger partial charge in [0.25, 0.3) is 0 Å². The number of halogens is 2. The molecule has 3 aromatic rings. The van der Waals surface area contributed by atoms with Crippen molar-refractivity contribution in [3.05, 3.63) is 99.0 Å². The molecular weight excluding hydrogens is 551 g/mol. The van der Waals surface area contributed by atoms with E-state index < -0.39 is 11.5 Å². The Balaban J connectivity index is 1.41. The summed E-state index contributed by atoms with van der Waals surface area (Å²) in [5.74, 6) is 0.361. The van der Waals surface area contributed by atoms with Crippen LogP contribution in [0.15, 0.2) is 66.7 Å². The summed E-state index contributed by atoms with van der Waals surface area (Å²) >= 11 is 12.3. The fourth-order valence-electron chi connectivity index (χ4n) is 7.33. The van der Waals surface area contributed by atoms with E-state index in [4.69, 9.17) is 23.2 Å². The zero-order valence-corrected chi connectivity index (χ0v) is 25.9. The molecule has 0 aliphatic heterocycles. The minimum atomic E-state index is -0.742. The summed E-state index contributed by atoms with van der Waals surface area (Å²) in [6, 6.07) is 21.0. The molecule has 0 saturated heterocycles. The first-order valence-corrected chi connectivity index (χ1v) is 15.5. The minimum absolute atomic E-state index is 0.0408. The normalized spacial score (nSPS) is 24.2. The summed E-state index contributed by atoms with van der Waals surface area (Å²) in [5.41, 5.74) is 5.06. The second-order valence-corrected chi connectivity index (χ2v) is 13.5. The Bertz CT molecular complexity index is 1440. The zero-order valence-electron chi connectivity index (χ0n) is 24.4. The van der Waals surface area contributed by atoms with Gasteiger partial charge in [-0.2, -0.15) is 0 Å². The number of benzene rings is 3. The average Bonchev–Trinajstić information content (AvgIpc) is 2.94. The molecule has 2 aliphatic rings. The van der Waals surface area contributed by atoms with Crippen LogP contribution in [0.4, 0.5) is 5.69 Å². The van der Waals surface area contributed by atoms with Gasteiger partial charge < -0.3 is 10.6 Å². The molecule has 2 amide bonds. The molecule has 0 aromatic heterocycles. The topological polar surface area (TPSA) is 58.2 Å². The summed E-state index contributed by atoms with van der Waals surface area (Å²) in [6.07, 6.45) is 5.18. The molecule has 4 atom stereocenters. The largest absolute Gasteiger partial charge is 0.343 e. The third-order valence-corrected chi connectivity index (χ3v) is 10.4. The van der Waals surface area contributed by atoms with Crippen molar-refractivity contribution in [1.82, 2.24) is 5.32 Å². The highest BCUT2D eigenvalue weighted by molar-refractivity contribution is 6.42. The van der Waals surface area contributed by atoms with E-state index in [0.29, 0.717) is 28.1 Å². The number of nitrogens with one attached hydrogen (secondary N) is 2. The molecule has 0 spiro atoms. The van der Waals surface area contributed by atoms with Crippen LogP contribution in [0.25, 0.3) is 0 Å². The molecule has 0 radical (unpaired) electrons. The van der Waals surface area contributed by atoms with Crippen molar-refractivity contribution >= 4 is 40.7 Å². The van der Waals surface area contributed by atoms with Gasteiger partial charge >= 0.3 is 0 Å². The number of anilines is 1. The number of aryl methyl sites for hydroxylation is 1. The monoisotopic (exact) mass is 590 g/mol. The first kappa shape index (κ1) is 29.7. The molecule has 5 rings (SSSR count). The van der Waals surface area contributed by atoms with E-state index in [1.807, 2.05) is 30.3 Å². The number of fused-ring (bicyclic) bond motifs is 3. The van der Waals surface area contributed by atoms with E-state index in [0.717, 1.165) is 37.7 Å². The van der Waals surface area contributed by atoms with E-state index in [1.165, 1.54) is 16.7 Å². The van der Waals surface area contributed by atoms with Gasteiger partial charge in [0.1, 0.15) is 6.04 Å². The fraction of sp³-hybridized carbons (Fsp3) is 0.429. The van der Waals surface area contributed by atoms with E-state index in [1.54, 1.807) is 18.2 Å². The van der Waals surface area contributed by atoms with Gasteiger partial charge in [-0.25, -0.2) is 0 Å². The maximum Gasteiger partial charge on any atom is 0.247 e. The van der Waals surface area contributed by atoms with Gasteiger partial charge in [-0.1, -0.05) is 106 Å². The number of amides is 2. The van der Waals surface area contributed by atoms with Crippen LogP contribution in [0, 0.1) is 11.3 Å². The van der Waals surface area contributed by atoms with Gasteiger partial charge in [-0.05, 0) is 83.4 Å². The summed E-state index contributed by atoms with van der Waals surface area (Å²) in [5, 5.41) is 6.93. The second kappa shape index (κ2) is 11.8. The highest BCUT2D eigenvalue weighted by atomic mass is 35.5. The van der Waals surface area contributed by atoms with Crippen LogP contribution in [0.5, 0.6) is 0 Å². The molecular formula is C35H40Cl2N2O2. The molecule has 2 N–H and O–H groups in total. The number of hydrogen-bond donors (Lipinski definition) is 2. The Labute approximate surface area is 254 Å². The molecule has 2 aliphatic carbocycles. The van der Waals surface area contributed by atoms with Crippen molar-refractivity contribution < 1.29 is 9.59 Å². The lowest BCUT2D eigenvalue weighted by Gasteiger charge is -2.54. The van der Waals surface area contributed by atoms with E-state index in [9.17, 15) is 9.59 Å². The molecule has 41 heavy (non-hydrogen) atoms. The van der Waals surface area contributed by atoms with Gasteiger partial charge in [0.05, 0.1) is 15.5 Å². The van der Waals surface area contributed by atoms with Crippen LogP contribution in [-0.4, -0.2) is 17.9 Å². The first-order chi connectivity index (χ1) is 19.5. The Morgan fingerprint density at radius 2 is 1.71 bits per heavy atom. The van der Waals surface area contributed by atoms with Crippen molar-refractivity contribution in [1.29, 1.82) is 0 Å². The number of hydrogen-bond acceptors (Lipinski definition) is 2. The lowest BCUT2D eigenvalue weighted by molar-refractivity contribution is -0.141. The molecule has 1 fully saturated rings. The molecule has 6 heteroatoms. The minimum Gasteiger partial charge on any atom is -0.343 e. The maximum absolute atomic E-state index is 14.3. The van der Waals surface area contributed by atoms with Gasteiger partial charge in [0, 0.05) is 12.1 Å². The number of carbonyl (C=O) groups is 2. The number of rotatable bonds is 7. The third kappa shape index (κ3) is 5.92. The van der Waals surface area contributed by atoms with Crippen molar-refractivity contribution in [3.8, 4) is 0 Å². The lowest BCUT2D eigenvalue weighted by atomic mass is 9.49. The Hall–Kier alpha value is -2.82. The van der Waals surface area contributed by atoms with E-state index in [2.05, 4.69) is 56.5 Å². The molecule has 1 saturated carbocycles. The van der Waals surface area contributed by atoms with Crippen LogP contribution >= 0.6 is 23.2 Å². The smallest absolute Gasteiger partial charge is 0.247 e. The molecule has 4 nitrogen and oxygen atoms in total. The van der Waals surface area contributed by atoms with Crippen LogP contribution < -0.4 is 10.6 Å². The Kier molecular flexibility index (Phi) is 8.55. The summed E-state index contributed by atoms with van der Waals surface area (Å²) < 4.78 is 0. The Morgan fingerprint density at radius 3 is 2.41 bits per heavy atom. The molecule has 0 heterocycles. The predicted molar refractivity (Wildman–Crippen MR) is 169 cm³/mol. The van der Waals surface area contributed by atoms with Crippen LogP contribution in [0.2, 0.25) is 10.0 Å². The predicted octanol–water partition coefficient (Wildman–Crippen LogP) is 8.49. The van der Waals surface area contributed by atoms with Crippen LogP contribution in [0.3, 0.4) is 0 Å². The molecule has 0 unspecified atom stereocenters. The second-order valence-electron chi connectivity index (χ2n) is 12.7. The van der Waals surface area contributed by atoms with Crippen LogP contribution in [0.1, 0.15) is 81.5 Å². The first-order valence-electron chi connectivity index (χ1n) is 14.8. The van der Waals surface area contributed by atoms with Crippen molar-refractivity contribution in [2.24, 2.45) is 11.3 Å². The summed E-state index contributed by atoms with van der Waals surface area (Å²) in [4.78, 5) is 27.9. The average molecular weight is 592 g/mol. The summed E-state index contributed by atoms with van der Waals surface area (Å²) in [6.45, 7) is 8.95. The lowest BCUT2D eigenvalue weighted by Crippen LogP contribution is -2.58.